The summed E-state index contributed by atoms with van der Waals surface area (Å²) < 4.78 is 22.3. The highest BCUT2D eigenvalue weighted by Gasteiger charge is 2.62. The molecule has 2 saturated heterocycles. The maximum absolute atomic E-state index is 15.0. The molecule has 11 heteroatoms. The number of carbonyl (C=O) groups is 1. The van der Waals surface area contributed by atoms with Gasteiger partial charge in [0, 0.05) is 54.5 Å². The summed E-state index contributed by atoms with van der Waals surface area (Å²) in [5, 5.41) is 15.7. The van der Waals surface area contributed by atoms with Crippen molar-refractivity contribution in [2.45, 2.75) is 38.8 Å². The minimum absolute atomic E-state index is 0.0969. The van der Waals surface area contributed by atoms with Crippen molar-refractivity contribution in [1.29, 1.82) is 0 Å². The first kappa shape index (κ1) is 29.0. The van der Waals surface area contributed by atoms with Crippen LogP contribution < -0.4 is 9.64 Å². The molecule has 2 bridgehead atoms. The largest absolute Gasteiger partial charge is 0.495 e. The topological polar surface area (TPSA) is 96.1 Å². The molecular weight excluding hydrogens is 595 g/mol. The van der Waals surface area contributed by atoms with Gasteiger partial charge in [-0.1, -0.05) is 38.4 Å². The van der Waals surface area contributed by atoms with Crippen LogP contribution in [0.25, 0.3) is 39.3 Å². The van der Waals surface area contributed by atoms with Crippen molar-refractivity contribution in [3.63, 3.8) is 0 Å². The van der Waals surface area contributed by atoms with Gasteiger partial charge in [-0.15, -0.1) is 0 Å². The van der Waals surface area contributed by atoms with Crippen LogP contribution in [-0.2, 0) is 0 Å². The number of fused-ring (bicyclic) bond motifs is 3. The average Bonchev–Trinajstić information content (AvgIpc) is 3.73. The minimum Gasteiger partial charge on any atom is -0.495 e. The van der Waals surface area contributed by atoms with E-state index >= 15 is 4.39 Å². The highest BCUT2D eigenvalue weighted by molar-refractivity contribution is 6.32. The summed E-state index contributed by atoms with van der Waals surface area (Å²) in [7, 11) is 1.57. The van der Waals surface area contributed by atoms with Gasteiger partial charge < -0.3 is 14.7 Å². The van der Waals surface area contributed by atoms with Crippen LogP contribution in [0.5, 0.6) is 5.75 Å². The Morgan fingerprint density at radius 2 is 1.84 bits per heavy atom. The van der Waals surface area contributed by atoms with Crippen molar-refractivity contribution < 1.29 is 19.0 Å². The van der Waals surface area contributed by atoms with Crippen LogP contribution in [0.3, 0.4) is 0 Å². The van der Waals surface area contributed by atoms with Gasteiger partial charge in [-0.2, -0.15) is 5.10 Å². The van der Waals surface area contributed by atoms with Crippen molar-refractivity contribution in [1.82, 2.24) is 24.5 Å². The lowest BCUT2D eigenvalue weighted by atomic mass is 9.73. The molecule has 2 fully saturated rings. The number of aromatic nitrogens is 4. The second-order valence-electron chi connectivity index (χ2n) is 12.7. The first-order valence-electron chi connectivity index (χ1n) is 14.7. The molecule has 2 atom stereocenters. The van der Waals surface area contributed by atoms with Crippen LogP contribution in [-0.4, -0.2) is 67.5 Å². The third-order valence-electron chi connectivity index (χ3n) is 9.44. The molecule has 0 saturated carbocycles. The van der Waals surface area contributed by atoms with E-state index in [0.29, 0.717) is 47.3 Å². The molecule has 0 unspecified atom stereocenters. The molecule has 2 aliphatic heterocycles. The van der Waals surface area contributed by atoms with E-state index in [1.807, 2.05) is 30.3 Å². The van der Waals surface area contributed by atoms with E-state index in [4.69, 9.17) is 26.4 Å². The van der Waals surface area contributed by atoms with Gasteiger partial charge in [0.05, 0.1) is 28.9 Å². The molecule has 230 valence electrons. The van der Waals surface area contributed by atoms with Gasteiger partial charge in [-0.05, 0) is 65.9 Å². The Morgan fingerprint density at radius 1 is 1.07 bits per heavy atom. The Morgan fingerprint density at radius 3 is 2.56 bits per heavy atom. The lowest BCUT2D eigenvalue weighted by molar-refractivity contribution is 0.0363. The Kier molecular flexibility index (Phi) is 6.74. The fraction of sp³-hybridized carbons (Fsp3) is 0.294. The van der Waals surface area contributed by atoms with Crippen molar-refractivity contribution in [2.75, 3.05) is 25.1 Å². The van der Waals surface area contributed by atoms with Gasteiger partial charge in [0.2, 0.25) is 0 Å². The van der Waals surface area contributed by atoms with Gasteiger partial charge in [0.1, 0.15) is 17.3 Å². The third kappa shape index (κ3) is 4.49. The normalized spacial score (nSPS) is 19.5. The Labute approximate surface area is 264 Å². The van der Waals surface area contributed by atoms with Gasteiger partial charge in [0.15, 0.2) is 5.65 Å². The van der Waals surface area contributed by atoms with Crippen molar-refractivity contribution in [2.24, 2.45) is 5.41 Å². The third-order valence-corrected chi connectivity index (χ3v) is 9.75. The molecule has 7 rings (SSSR count). The standard InChI is InChI=1S/C34H32ClFN6O3/c1-33(2,3)34-17-23(18-41(34)32(43)44)40(19-34)27-16-22(36)6-7-24(27)26-11-14-38-31-29(21-5-8-25(35)28(15-21)45-4)30(39-42(26)31)20-9-12-37-13-10-20/h5-16,23H,17-19H2,1-4H3,(H,43,44)/t23-,34+/m0/s1. The summed E-state index contributed by atoms with van der Waals surface area (Å²) in [5.74, 6) is 0.159. The highest BCUT2D eigenvalue weighted by Crippen LogP contribution is 2.52. The first-order valence-corrected chi connectivity index (χ1v) is 15.1. The smallest absolute Gasteiger partial charge is 0.407 e. The van der Waals surface area contributed by atoms with Crippen molar-refractivity contribution in [3.05, 3.63) is 84.0 Å². The number of nitrogens with zero attached hydrogens (tertiary/aromatic N) is 6. The number of rotatable bonds is 5. The molecule has 0 radical (unpaired) electrons. The summed E-state index contributed by atoms with van der Waals surface area (Å²) in [6.07, 6.45) is 4.90. The summed E-state index contributed by atoms with van der Waals surface area (Å²) in [4.78, 5) is 25.0. The molecule has 45 heavy (non-hydrogen) atoms. The van der Waals surface area contributed by atoms with E-state index in [1.165, 1.54) is 6.07 Å². The number of anilines is 1. The fourth-order valence-electron chi connectivity index (χ4n) is 7.11. The fourth-order valence-corrected chi connectivity index (χ4v) is 7.31. The number of hydrogen-bond donors (Lipinski definition) is 1. The lowest BCUT2D eigenvalue weighted by Crippen LogP contribution is -2.61. The molecule has 3 aromatic heterocycles. The number of carboxylic acid groups (broad SMARTS) is 1. The Bertz CT molecular complexity index is 1960. The van der Waals surface area contributed by atoms with Crippen LogP contribution >= 0.6 is 11.6 Å². The Balaban J connectivity index is 1.43. The lowest BCUT2D eigenvalue weighted by Gasteiger charge is -2.49. The first-order chi connectivity index (χ1) is 21.5. The predicted octanol–water partition coefficient (Wildman–Crippen LogP) is 7.28. The van der Waals surface area contributed by atoms with Gasteiger partial charge in [-0.25, -0.2) is 18.7 Å². The number of hydrogen-bond acceptors (Lipinski definition) is 6. The van der Waals surface area contributed by atoms with Crippen LogP contribution in [0.4, 0.5) is 14.9 Å². The van der Waals surface area contributed by atoms with E-state index in [-0.39, 0.29) is 17.3 Å². The van der Waals surface area contributed by atoms with Gasteiger partial charge in [0.25, 0.3) is 0 Å². The van der Waals surface area contributed by atoms with E-state index in [9.17, 15) is 9.90 Å². The number of ether oxygens (including phenoxy) is 1. The molecule has 5 heterocycles. The van der Waals surface area contributed by atoms with Crippen LogP contribution in [0, 0.1) is 11.2 Å². The van der Waals surface area contributed by atoms with Crippen LogP contribution in [0.15, 0.2) is 73.2 Å². The number of pyridine rings is 1. The summed E-state index contributed by atoms with van der Waals surface area (Å²) in [6, 6.07) is 15.9. The van der Waals surface area contributed by atoms with Crippen LogP contribution in [0.1, 0.15) is 27.2 Å². The summed E-state index contributed by atoms with van der Waals surface area (Å²) >= 11 is 6.38. The average molecular weight is 627 g/mol. The zero-order valence-electron chi connectivity index (χ0n) is 25.3. The highest BCUT2D eigenvalue weighted by atomic mass is 35.5. The maximum atomic E-state index is 15.0. The van der Waals surface area contributed by atoms with E-state index in [2.05, 4.69) is 30.7 Å². The van der Waals surface area contributed by atoms with Gasteiger partial charge in [-0.3, -0.25) is 9.88 Å². The van der Waals surface area contributed by atoms with Gasteiger partial charge >= 0.3 is 6.09 Å². The van der Waals surface area contributed by atoms with E-state index in [1.54, 1.807) is 53.3 Å². The maximum Gasteiger partial charge on any atom is 0.407 e. The summed E-state index contributed by atoms with van der Waals surface area (Å²) in [5.41, 5.74) is 4.99. The number of likely N-dealkylation sites (tertiary alicyclic amines) is 1. The molecule has 1 N–H and O–H groups in total. The quantitative estimate of drug-likeness (QED) is 0.219. The Hall–Kier alpha value is -4.70. The monoisotopic (exact) mass is 626 g/mol. The van der Waals surface area contributed by atoms with E-state index in [0.717, 1.165) is 27.9 Å². The minimum atomic E-state index is -0.922. The number of benzene rings is 2. The van der Waals surface area contributed by atoms with Crippen LogP contribution in [0.2, 0.25) is 5.02 Å². The molecular formula is C34H32ClFN6O3. The molecule has 9 nitrogen and oxygen atoms in total. The second-order valence-corrected chi connectivity index (χ2v) is 13.1. The molecule has 5 aromatic rings. The predicted molar refractivity (Wildman–Crippen MR) is 171 cm³/mol. The zero-order valence-corrected chi connectivity index (χ0v) is 26.1. The van der Waals surface area contributed by atoms with Crippen molar-refractivity contribution in [3.8, 4) is 39.4 Å². The number of methoxy groups -OCH3 is 1. The van der Waals surface area contributed by atoms with E-state index < -0.39 is 11.6 Å². The number of amides is 1. The second kappa shape index (κ2) is 10.4. The SMILES string of the molecule is COc1cc(-c2c(-c3ccncc3)nn3c(-c4ccc(F)cc4N4C[C@@]5(C(C)(C)C)C[C@H]4CN5C(=O)O)ccnc23)ccc1Cl. The number of halogens is 2. The zero-order chi connectivity index (χ0) is 31.7. The molecule has 2 aliphatic rings. The van der Waals surface area contributed by atoms with Crippen molar-refractivity contribution >= 4 is 29.0 Å². The molecule has 1 amide bonds. The molecule has 0 spiro atoms. The molecule has 2 aromatic carbocycles. The molecule has 0 aliphatic carbocycles. The number of piperazine rings is 1. The summed E-state index contributed by atoms with van der Waals surface area (Å²) in [6.45, 7) is 7.03.